The number of aromatic nitrogens is 2. The number of sulfone groups is 1. The third kappa shape index (κ3) is 3.03. The van der Waals surface area contributed by atoms with Crippen molar-refractivity contribution in [1.29, 1.82) is 0 Å². The number of carbonyl (C=O) groups excluding carboxylic acids is 1. The minimum Gasteiger partial charge on any atom is -0.493 e. The Morgan fingerprint density at radius 2 is 2.04 bits per heavy atom. The fraction of sp³-hybridized carbons (Fsp3) is 0.474. The van der Waals surface area contributed by atoms with Crippen molar-refractivity contribution in [3.63, 3.8) is 0 Å². The van der Waals surface area contributed by atoms with Crippen LogP contribution in [0.4, 0.5) is 5.82 Å². The zero-order chi connectivity index (χ0) is 20.1. The Bertz CT molecular complexity index is 1040. The first-order valence-corrected chi connectivity index (χ1v) is 11.0. The lowest BCUT2D eigenvalue weighted by Crippen LogP contribution is -2.26. The van der Waals surface area contributed by atoms with Crippen molar-refractivity contribution >= 4 is 21.6 Å². The standard InChI is InChI=1S/C19H23N3O5S/c1-11-17-14(13-5-4-6-15(26-2)18(13)27-3)9-16(23)20-19(17)22(21-11)12-7-8-28(24,25)10-12/h4-6,12,14H,7-10H2,1-3H3,(H,20,23)/t12-,14+/m1/s1. The van der Waals surface area contributed by atoms with E-state index in [-0.39, 0.29) is 35.8 Å². The van der Waals surface area contributed by atoms with Gasteiger partial charge in [0, 0.05) is 23.5 Å². The second-order valence-corrected chi connectivity index (χ2v) is 9.47. The summed E-state index contributed by atoms with van der Waals surface area (Å²) < 4.78 is 36.5. The minimum atomic E-state index is -3.07. The summed E-state index contributed by atoms with van der Waals surface area (Å²) in [5, 5.41) is 7.53. The molecule has 0 unspecified atom stereocenters. The topological polar surface area (TPSA) is 99.5 Å². The predicted molar refractivity (Wildman–Crippen MR) is 104 cm³/mol. The summed E-state index contributed by atoms with van der Waals surface area (Å²) in [6.07, 6.45) is 0.755. The number of amides is 1. The first-order valence-electron chi connectivity index (χ1n) is 9.14. The molecule has 2 aromatic rings. The molecular weight excluding hydrogens is 382 g/mol. The average molecular weight is 405 g/mol. The van der Waals surface area contributed by atoms with Crippen LogP contribution in [-0.4, -0.2) is 49.8 Å². The maximum atomic E-state index is 12.5. The van der Waals surface area contributed by atoms with Gasteiger partial charge in [0.15, 0.2) is 21.3 Å². The molecule has 1 amide bonds. The minimum absolute atomic E-state index is 0.0452. The van der Waals surface area contributed by atoms with Crippen LogP contribution in [0, 0.1) is 6.92 Å². The van der Waals surface area contributed by atoms with Gasteiger partial charge in [0.1, 0.15) is 5.82 Å². The van der Waals surface area contributed by atoms with Gasteiger partial charge in [0.25, 0.3) is 0 Å². The fourth-order valence-electron chi connectivity index (χ4n) is 4.26. The average Bonchev–Trinajstić information content (AvgIpc) is 3.19. The lowest BCUT2D eigenvalue weighted by molar-refractivity contribution is -0.116. The normalized spacial score (nSPS) is 23.2. The van der Waals surface area contributed by atoms with Gasteiger partial charge in [-0.15, -0.1) is 0 Å². The lowest BCUT2D eigenvalue weighted by Gasteiger charge is -2.27. The number of para-hydroxylation sites is 1. The zero-order valence-electron chi connectivity index (χ0n) is 16.1. The number of benzene rings is 1. The van der Waals surface area contributed by atoms with Gasteiger partial charge >= 0.3 is 0 Å². The number of ether oxygens (including phenoxy) is 2. The van der Waals surface area contributed by atoms with Gasteiger partial charge in [-0.2, -0.15) is 5.10 Å². The summed E-state index contributed by atoms with van der Waals surface area (Å²) in [7, 11) is 0.0782. The monoisotopic (exact) mass is 405 g/mol. The smallest absolute Gasteiger partial charge is 0.226 e. The Labute approximate surface area is 163 Å². The van der Waals surface area contributed by atoms with E-state index in [0.717, 1.165) is 16.8 Å². The Morgan fingerprint density at radius 1 is 1.25 bits per heavy atom. The number of aryl methyl sites for hydroxylation is 1. The number of methoxy groups -OCH3 is 2. The molecule has 150 valence electrons. The number of nitrogens with one attached hydrogen (secondary N) is 1. The van der Waals surface area contributed by atoms with Crippen LogP contribution in [0.15, 0.2) is 18.2 Å². The molecule has 3 heterocycles. The largest absolute Gasteiger partial charge is 0.493 e. The molecule has 9 heteroatoms. The van der Waals surface area contributed by atoms with Crippen molar-refractivity contribution in [3.8, 4) is 11.5 Å². The predicted octanol–water partition coefficient (Wildman–Crippen LogP) is 2.04. The fourth-order valence-corrected chi connectivity index (χ4v) is 5.95. The van der Waals surface area contributed by atoms with Crippen LogP contribution in [0.25, 0.3) is 0 Å². The first kappa shape index (κ1) is 18.8. The van der Waals surface area contributed by atoms with Crippen molar-refractivity contribution in [2.45, 2.75) is 31.7 Å². The number of nitrogens with zero attached hydrogens (tertiary/aromatic N) is 2. The van der Waals surface area contributed by atoms with Crippen LogP contribution in [0.1, 0.15) is 41.6 Å². The van der Waals surface area contributed by atoms with Crippen LogP contribution in [0.5, 0.6) is 11.5 Å². The van der Waals surface area contributed by atoms with E-state index in [9.17, 15) is 13.2 Å². The van der Waals surface area contributed by atoms with E-state index in [0.29, 0.717) is 23.7 Å². The Kier molecular flexibility index (Phi) is 4.57. The molecule has 0 aliphatic carbocycles. The number of rotatable bonds is 4. The van der Waals surface area contributed by atoms with Crippen molar-refractivity contribution in [1.82, 2.24) is 9.78 Å². The van der Waals surface area contributed by atoms with E-state index < -0.39 is 9.84 Å². The lowest BCUT2D eigenvalue weighted by atomic mass is 9.85. The molecule has 1 N–H and O–H groups in total. The van der Waals surface area contributed by atoms with Gasteiger partial charge in [0.05, 0.1) is 37.5 Å². The third-order valence-electron chi connectivity index (χ3n) is 5.49. The molecule has 1 fully saturated rings. The van der Waals surface area contributed by atoms with Gasteiger partial charge in [-0.3, -0.25) is 4.79 Å². The van der Waals surface area contributed by atoms with E-state index >= 15 is 0 Å². The highest BCUT2D eigenvalue weighted by Gasteiger charge is 2.38. The van der Waals surface area contributed by atoms with E-state index in [4.69, 9.17) is 9.47 Å². The highest BCUT2D eigenvalue weighted by Crippen LogP contribution is 2.46. The maximum absolute atomic E-state index is 12.5. The second-order valence-electron chi connectivity index (χ2n) is 7.24. The molecule has 2 atom stereocenters. The summed E-state index contributed by atoms with van der Waals surface area (Å²) in [5.41, 5.74) is 2.52. The van der Waals surface area contributed by atoms with Crippen LogP contribution < -0.4 is 14.8 Å². The molecule has 2 aliphatic heterocycles. The molecule has 0 bridgehead atoms. The summed E-state index contributed by atoms with van der Waals surface area (Å²) in [5.74, 6) is 1.58. The molecule has 8 nitrogen and oxygen atoms in total. The molecule has 1 aromatic carbocycles. The summed E-state index contributed by atoms with van der Waals surface area (Å²) in [4.78, 5) is 12.5. The molecule has 1 aromatic heterocycles. The summed E-state index contributed by atoms with van der Waals surface area (Å²) >= 11 is 0. The third-order valence-corrected chi connectivity index (χ3v) is 7.24. The first-order chi connectivity index (χ1) is 13.3. The molecule has 0 saturated carbocycles. The number of fused-ring (bicyclic) bond motifs is 1. The van der Waals surface area contributed by atoms with Gasteiger partial charge in [0.2, 0.25) is 5.91 Å². The Morgan fingerprint density at radius 3 is 2.68 bits per heavy atom. The van der Waals surface area contributed by atoms with E-state index in [1.807, 2.05) is 25.1 Å². The molecule has 1 saturated heterocycles. The van der Waals surface area contributed by atoms with Gasteiger partial charge in [-0.1, -0.05) is 12.1 Å². The van der Waals surface area contributed by atoms with Crippen molar-refractivity contribution in [3.05, 3.63) is 35.0 Å². The van der Waals surface area contributed by atoms with Crippen LogP contribution in [0.2, 0.25) is 0 Å². The highest BCUT2D eigenvalue weighted by atomic mass is 32.2. The molecule has 2 aliphatic rings. The maximum Gasteiger partial charge on any atom is 0.226 e. The second kappa shape index (κ2) is 6.80. The number of carbonyl (C=O) groups is 1. The quantitative estimate of drug-likeness (QED) is 0.836. The highest BCUT2D eigenvalue weighted by molar-refractivity contribution is 7.91. The van der Waals surface area contributed by atoms with Gasteiger partial charge in [-0.05, 0) is 19.4 Å². The molecule has 0 radical (unpaired) electrons. The zero-order valence-corrected chi connectivity index (χ0v) is 16.9. The SMILES string of the molecule is COc1cccc([C@@H]2CC(=O)Nc3c2c(C)nn3[C@@H]2CCS(=O)(=O)C2)c1OC. The van der Waals surface area contributed by atoms with Gasteiger partial charge in [-0.25, -0.2) is 13.1 Å². The number of hydrogen-bond donors (Lipinski definition) is 1. The Hall–Kier alpha value is -2.55. The number of hydrogen-bond acceptors (Lipinski definition) is 6. The molecule has 28 heavy (non-hydrogen) atoms. The summed E-state index contributed by atoms with van der Waals surface area (Å²) in [6, 6.07) is 5.34. The van der Waals surface area contributed by atoms with E-state index in [2.05, 4.69) is 10.4 Å². The molecule has 4 rings (SSSR count). The molecule has 0 spiro atoms. The van der Waals surface area contributed by atoms with E-state index in [1.54, 1.807) is 18.9 Å². The summed E-state index contributed by atoms with van der Waals surface area (Å²) in [6.45, 7) is 1.88. The molecular formula is C19H23N3O5S. The Balaban J connectivity index is 1.84. The number of anilines is 1. The van der Waals surface area contributed by atoms with E-state index in [1.165, 1.54) is 0 Å². The van der Waals surface area contributed by atoms with Crippen molar-refractivity contribution in [2.75, 3.05) is 31.0 Å². The van der Waals surface area contributed by atoms with Crippen LogP contribution in [0.3, 0.4) is 0 Å². The van der Waals surface area contributed by atoms with Crippen LogP contribution >= 0.6 is 0 Å². The van der Waals surface area contributed by atoms with Crippen LogP contribution in [-0.2, 0) is 14.6 Å². The van der Waals surface area contributed by atoms with Crippen molar-refractivity contribution in [2.24, 2.45) is 0 Å². The van der Waals surface area contributed by atoms with Gasteiger partial charge < -0.3 is 14.8 Å². The van der Waals surface area contributed by atoms with Crippen molar-refractivity contribution < 1.29 is 22.7 Å².